The van der Waals surface area contributed by atoms with E-state index in [1.54, 1.807) is 17.2 Å². The van der Waals surface area contributed by atoms with Gasteiger partial charge in [0, 0.05) is 29.8 Å². The summed E-state index contributed by atoms with van der Waals surface area (Å²) in [5.41, 5.74) is 3.83. The molecule has 1 saturated heterocycles. The first-order chi connectivity index (χ1) is 13.7. The van der Waals surface area contributed by atoms with Gasteiger partial charge in [0.15, 0.2) is 0 Å². The summed E-state index contributed by atoms with van der Waals surface area (Å²) in [6.07, 6.45) is 5.18. The van der Waals surface area contributed by atoms with Gasteiger partial charge in [-0.1, -0.05) is 30.3 Å². The smallest absolute Gasteiger partial charge is 0.253 e. The molecule has 1 atom stereocenters. The lowest BCUT2D eigenvalue weighted by Crippen LogP contribution is -2.49. The highest BCUT2D eigenvalue weighted by Crippen LogP contribution is 2.46. The Bertz CT molecular complexity index is 1010. The molecule has 1 aliphatic heterocycles. The minimum atomic E-state index is -0.362. The fourth-order valence-corrected chi connectivity index (χ4v) is 4.79. The molecular formula is C22H22N4O2. The van der Waals surface area contributed by atoms with Gasteiger partial charge >= 0.3 is 0 Å². The van der Waals surface area contributed by atoms with Crippen molar-refractivity contribution >= 4 is 5.91 Å². The number of amides is 1. The number of piperidine rings is 1. The van der Waals surface area contributed by atoms with E-state index < -0.39 is 0 Å². The second-order valence-electron chi connectivity index (χ2n) is 7.74. The topological polar surface area (TPSA) is 71.2 Å². The molecule has 5 rings (SSSR count). The molecule has 0 bridgehead atoms. The third-order valence-electron chi connectivity index (χ3n) is 6.36. The Morgan fingerprint density at radius 2 is 1.79 bits per heavy atom. The second-order valence-corrected chi connectivity index (χ2v) is 7.74. The van der Waals surface area contributed by atoms with Crippen LogP contribution in [0.25, 0.3) is 5.69 Å². The first-order valence-corrected chi connectivity index (χ1v) is 9.68. The van der Waals surface area contributed by atoms with Crippen LogP contribution in [0.4, 0.5) is 0 Å². The molecule has 6 heteroatoms. The van der Waals surface area contributed by atoms with Gasteiger partial charge < -0.3 is 10.0 Å². The maximum absolute atomic E-state index is 13.1. The Balaban J connectivity index is 1.35. The number of carbonyl (C=O) groups is 1. The van der Waals surface area contributed by atoms with Crippen molar-refractivity contribution in [1.29, 1.82) is 0 Å². The van der Waals surface area contributed by atoms with Crippen LogP contribution in [0.15, 0.2) is 61.2 Å². The number of fused-ring (bicyclic) bond motifs is 2. The molecule has 1 fully saturated rings. The van der Waals surface area contributed by atoms with E-state index in [2.05, 4.69) is 22.3 Å². The molecule has 142 valence electrons. The van der Waals surface area contributed by atoms with Crippen LogP contribution in [-0.4, -0.2) is 49.9 Å². The van der Waals surface area contributed by atoms with Crippen molar-refractivity contribution < 1.29 is 9.90 Å². The number of rotatable bonds is 2. The average molecular weight is 374 g/mol. The van der Waals surface area contributed by atoms with E-state index in [4.69, 9.17) is 0 Å². The van der Waals surface area contributed by atoms with Crippen molar-refractivity contribution in [3.63, 3.8) is 0 Å². The highest BCUT2D eigenvalue weighted by molar-refractivity contribution is 5.94. The molecule has 1 N–H and O–H groups in total. The predicted molar refractivity (Wildman–Crippen MR) is 104 cm³/mol. The standard InChI is InChI=1S/C22H22N4O2/c27-20-13-16-4-1-2-7-19(16)22(20)8-10-25(11-9-22)21(28)17-5-3-6-18(12-17)26-14-23-24-15-26/h1-7,12,14-15,20,27H,8-11,13H2/t20-/m0/s1. The number of hydrogen-bond donors (Lipinski definition) is 1. The second kappa shape index (κ2) is 6.56. The van der Waals surface area contributed by atoms with Crippen LogP contribution in [0, 0.1) is 0 Å². The van der Waals surface area contributed by atoms with Crippen molar-refractivity contribution in [3.8, 4) is 5.69 Å². The number of likely N-dealkylation sites (tertiary alicyclic amines) is 1. The van der Waals surface area contributed by atoms with Crippen LogP contribution in [0.2, 0.25) is 0 Å². The quantitative estimate of drug-likeness (QED) is 0.748. The third-order valence-corrected chi connectivity index (χ3v) is 6.36. The summed E-state index contributed by atoms with van der Waals surface area (Å²) < 4.78 is 1.79. The van der Waals surface area contributed by atoms with E-state index in [0.717, 1.165) is 18.5 Å². The molecule has 6 nitrogen and oxygen atoms in total. The molecule has 1 spiro atoms. The normalized spacial score (nSPS) is 20.3. The molecule has 1 aromatic heterocycles. The molecule has 3 aromatic rings. The zero-order valence-corrected chi connectivity index (χ0v) is 15.5. The van der Waals surface area contributed by atoms with Crippen LogP contribution in [0.3, 0.4) is 0 Å². The molecule has 28 heavy (non-hydrogen) atoms. The highest BCUT2D eigenvalue weighted by atomic mass is 16.3. The van der Waals surface area contributed by atoms with Crippen LogP contribution < -0.4 is 0 Å². The third kappa shape index (κ3) is 2.64. The number of nitrogens with zero attached hydrogens (tertiary/aromatic N) is 4. The largest absolute Gasteiger partial charge is 0.392 e. The number of hydrogen-bond acceptors (Lipinski definition) is 4. The monoisotopic (exact) mass is 374 g/mol. The Morgan fingerprint density at radius 1 is 1.04 bits per heavy atom. The summed E-state index contributed by atoms with van der Waals surface area (Å²) >= 11 is 0. The number of aliphatic hydroxyl groups excluding tert-OH is 1. The Morgan fingerprint density at radius 3 is 2.57 bits per heavy atom. The van der Waals surface area contributed by atoms with Gasteiger partial charge in [-0.2, -0.15) is 0 Å². The van der Waals surface area contributed by atoms with Gasteiger partial charge in [-0.15, -0.1) is 10.2 Å². The lowest BCUT2D eigenvalue weighted by Gasteiger charge is -2.42. The highest BCUT2D eigenvalue weighted by Gasteiger charge is 2.48. The van der Waals surface area contributed by atoms with E-state index in [0.29, 0.717) is 25.1 Å². The van der Waals surface area contributed by atoms with Gasteiger partial charge in [0.05, 0.1) is 6.10 Å². The van der Waals surface area contributed by atoms with Gasteiger partial charge in [0.2, 0.25) is 0 Å². The first kappa shape index (κ1) is 17.1. The maximum Gasteiger partial charge on any atom is 0.253 e. The molecule has 2 heterocycles. The summed E-state index contributed by atoms with van der Waals surface area (Å²) in [6, 6.07) is 15.9. The molecule has 2 aromatic carbocycles. The zero-order chi connectivity index (χ0) is 19.1. The minimum Gasteiger partial charge on any atom is -0.392 e. The van der Waals surface area contributed by atoms with Crippen molar-refractivity contribution in [2.24, 2.45) is 0 Å². The molecule has 0 radical (unpaired) electrons. The van der Waals surface area contributed by atoms with Crippen LogP contribution in [0.1, 0.15) is 34.3 Å². The summed E-state index contributed by atoms with van der Waals surface area (Å²) in [6.45, 7) is 1.31. The summed E-state index contributed by atoms with van der Waals surface area (Å²) in [5.74, 6) is 0.0329. The molecule has 0 saturated carbocycles. The lowest BCUT2D eigenvalue weighted by atomic mass is 9.72. The van der Waals surface area contributed by atoms with Gasteiger partial charge in [-0.05, 0) is 48.6 Å². The number of aliphatic hydroxyl groups is 1. The molecule has 0 unspecified atom stereocenters. The van der Waals surface area contributed by atoms with Crippen LogP contribution in [-0.2, 0) is 11.8 Å². The van der Waals surface area contributed by atoms with Gasteiger partial charge in [0.1, 0.15) is 12.7 Å². The van der Waals surface area contributed by atoms with Crippen LogP contribution >= 0.6 is 0 Å². The van der Waals surface area contributed by atoms with E-state index in [-0.39, 0.29) is 17.4 Å². The number of benzene rings is 2. The van der Waals surface area contributed by atoms with Crippen molar-refractivity contribution in [2.45, 2.75) is 30.8 Å². The summed E-state index contributed by atoms with van der Waals surface area (Å²) in [7, 11) is 0. The predicted octanol–water partition coefficient (Wildman–Crippen LogP) is 2.36. The Labute approximate surface area is 163 Å². The molecule has 2 aliphatic rings. The molecule has 1 aliphatic carbocycles. The maximum atomic E-state index is 13.1. The fraction of sp³-hybridized carbons (Fsp3) is 0.318. The van der Waals surface area contributed by atoms with Gasteiger partial charge in [-0.25, -0.2) is 0 Å². The van der Waals surface area contributed by atoms with Crippen LogP contribution in [0.5, 0.6) is 0 Å². The zero-order valence-electron chi connectivity index (χ0n) is 15.5. The SMILES string of the molecule is O=C(c1cccc(-n2cnnc2)c1)N1CCC2(CC1)c1ccccc1C[C@@H]2O. The Kier molecular flexibility index (Phi) is 4.02. The lowest BCUT2D eigenvalue weighted by molar-refractivity contribution is 0.0365. The van der Waals surface area contributed by atoms with Crippen molar-refractivity contribution in [1.82, 2.24) is 19.7 Å². The fourth-order valence-electron chi connectivity index (χ4n) is 4.79. The van der Waals surface area contributed by atoms with Crippen molar-refractivity contribution in [3.05, 3.63) is 77.9 Å². The minimum absolute atomic E-state index is 0.0329. The average Bonchev–Trinajstić information content (AvgIpc) is 3.36. The summed E-state index contributed by atoms with van der Waals surface area (Å²) in [4.78, 5) is 15.0. The summed E-state index contributed by atoms with van der Waals surface area (Å²) in [5, 5.41) is 18.4. The first-order valence-electron chi connectivity index (χ1n) is 9.68. The van der Waals surface area contributed by atoms with Crippen molar-refractivity contribution in [2.75, 3.05) is 13.1 Å². The van der Waals surface area contributed by atoms with E-state index in [1.165, 1.54) is 11.1 Å². The molecular weight excluding hydrogens is 352 g/mol. The number of aromatic nitrogens is 3. The van der Waals surface area contributed by atoms with Gasteiger partial charge in [-0.3, -0.25) is 9.36 Å². The number of carbonyl (C=O) groups excluding carboxylic acids is 1. The molecule has 1 amide bonds. The van der Waals surface area contributed by atoms with E-state index in [1.807, 2.05) is 41.3 Å². The van der Waals surface area contributed by atoms with Gasteiger partial charge in [0.25, 0.3) is 5.91 Å². The Hall–Kier alpha value is -2.99. The van der Waals surface area contributed by atoms with E-state index in [9.17, 15) is 9.90 Å². The van der Waals surface area contributed by atoms with E-state index >= 15 is 0 Å².